The predicted molar refractivity (Wildman–Crippen MR) is 132 cm³/mol. The van der Waals surface area contributed by atoms with Crippen molar-refractivity contribution in [1.82, 2.24) is 15.1 Å². The second-order valence-electron chi connectivity index (χ2n) is 9.67. The first-order valence-electron chi connectivity index (χ1n) is 12.1. The van der Waals surface area contributed by atoms with Gasteiger partial charge in [-0.3, -0.25) is 9.59 Å². The van der Waals surface area contributed by atoms with E-state index in [9.17, 15) is 14.4 Å². The third-order valence-corrected chi connectivity index (χ3v) is 7.23. The summed E-state index contributed by atoms with van der Waals surface area (Å²) in [6.07, 6.45) is 0.703. The molecule has 35 heavy (non-hydrogen) atoms. The first kappa shape index (κ1) is 24.7. The molecule has 8 nitrogen and oxygen atoms in total. The number of hydrogen-bond acceptors (Lipinski definition) is 5. The number of fused-ring (bicyclic) bond motifs is 3. The number of piperidine rings is 1. The van der Waals surface area contributed by atoms with Crippen LogP contribution in [-0.4, -0.2) is 78.8 Å². The maximum Gasteiger partial charge on any atom is 0.407 e. The topological polar surface area (TPSA) is 99.2 Å². The lowest BCUT2D eigenvalue weighted by molar-refractivity contribution is -0.138. The maximum absolute atomic E-state index is 13.0. The first-order chi connectivity index (χ1) is 16.8. The van der Waals surface area contributed by atoms with Crippen molar-refractivity contribution in [3.63, 3.8) is 0 Å². The summed E-state index contributed by atoms with van der Waals surface area (Å²) in [5, 5.41) is 11.9. The summed E-state index contributed by atoms with van der Waals surface area (Å²) in [5.74, 6) is -1.17. The number of carbonyl (C=O) groups is 3. The number of nitrogens with one attached hydrogen (secondary N) is 1. The molecular weight excluding hydrogens is 446 g/mol. The lowest BCUT2D eigenvalue weighted by atomic mass is 9.84. The van der Waals surface area contributed by atoms with E-state index >= 15 is 0 Å². The van der Waals surface area contributed by atoms with Crippen molar-refractivity contribution in [2.24, 2.45) is 0 Å². The molecular formula is C27H33N3O5. The quantitative estimate of drug-likeness (QED) is 0.603. The van der Waals surface area contributed by atoms with Crippen LogP contribution in [0.5, 0.6) is 0 Å². The molecule has 2 N–H and O–H groups in total. The standard InChI is InChI=1S/C27H33N3O5/c1-29-15-12-27(13-16-29,17-24(31)30(2)14-11-25(32)33)28-26(34)35-18-23-21-9-5-3-7-19(21)20-8-4-6-10-22(20)23/h3-10,23H,11-18H2,1-2H3,(H,28,34)(H,32,33). The number of rotatable bonds is 8. The number of nitrogens with zero attached hydrogens (tertiary/aromatic N) is 2. The van der Waals surface area contributed by atoms with Gasteiger partial charge in [-0.2, -0.15) is 0 Å². The summed E-state index contributed by atoms with van der Waals surface area (Å²) in [7, 11) is 3.61. The van der Waals surface area contributed by atoms with Gasteiger partial charge in [0.2, 0.25) is 5.91 Å². The fourth-order valence-corrected chi connectivity index (χ4v) is 5.06. The summed E-state index contributed by atoms with van der Waals surface area (Å²) in [6, 6.07) is 16.4. The number of benzene rings is 2. The van der Waals surface area contributed by atoms with E-state index in [1.807, 2.05) is 31.3 Å². The molecule has 4 rings (SSSR count). The highest BCUT2D eigenvalue weighted by molar-refractivity contribution is 5.80. The van der Waals surface area contributed by atoms with Gasteiger partial charge in [-0.25, -0.2) is 4.79 Å². The summed E-state index contributed by atoms with van der Waals surface area (Å²) >= 11 is 0. The van der Waals surface area contributed by atoms with Gasteiger partial charge in [-0.1, -0.05) is 48.5 Å². The van der Waals surface area contributed by atoms with E-state index in [0.29, 0.717) is 12.8 Å². The van der Waals surface area contributed by atoms with Crippen molar-refractivity contribution in [2.75, 3.05) is 40.3 Å². The Hall–Kier alpha value is -3.39. The molecule has 1 heterocycles. The van der Waals surface area contributed by atoms with Crippen LogP contribution < -0.4 is 5.32 Å². The van der Waals surface area contributed by atoms with Gasteiger partial charge in [0.25, 0.3) is 0 Å². The molecule has 2 aromatic carbocycles. The Morgan fingerprint density at radius 3 is 2.20 bits per heavy atom. The number of alkyl carbamates (subject to hydrolysis) is 1. The van der Waals surface area contributed by atoms with Crippen molar-refractivity contribution >= 4 is 18.0 Å². The third-order valence-electron chi connectivity index (χ3n) is 7.23. The summed E-state index contributed by atoms with van der Waals surface area (Å²) in [6.45, 7) is 1.84. The minimum absolute atomic E-state index is 0.0367. The molecule has 2 amide bonds. The van der Waals surface area contributed by atoms with Gasteiger partial charge < -0.3 is 25.0 Å². The van der Waals surface area contributed by atoms with Crippen LogP contribution in [0.1, 0.15) is 42.7 Å². The van der Waals surface area contributed by atoms with Gasteiger partial charge in [-0.15, -0.1) is 0 Å². The SMILES string of the molecule is CN1CCC(CC(=O)N(C)CCC(=O)O)(NC(=O)OCC2c3ccccc3-c3ccccc32)CC1. The molecule has 0 bridgehead atoms. The summed E-state index contributed by atoms with van der Waals surface area (Å²) < 4.78 is 5.75. The molecule has 1 fully saturated rings. The smallest absolute Gasteiger partial charge is 0.407 e. The molecule has 2 aromatic rings. The van der Waals surface area contributed by atoms with Gasteiger partial charge in [0.1, 0.15) is 6.61 Å². The Morgan fingerprint density at radius 1 is 1.06 bits per heavy atom. The monoisotopic (exact) mass is 479 g/mol. The summed E-state index contributed by atoms with van der Waals surface area (Å²) in [4.78, 5) is 40.3. The molecule has 0 saturated carbocycles. The van der Waals surface area contributed by atoms with Crippen LogP contribution in [-0.2, 0) is 14.3 Å². The van der Waals surface area contributed by atoms with E-state index in [-0.39, 0.29) is 37.8 Å². The molecule has 0 radical (unpaired) electrons. The number of ether oxygens (including phenoxy) is 1. The highest BCUT2D eigenvalue weighted by atomic mass is 16.5. The minimum atomic E-state index is -0.949. The fourth-order valence-electron chi connectivity index (χ4n) is 5.06. The van der Waals surface area contributed by atoms with Crippen molar-refractivity contribution in [3.8, 4) is 11.1 Å². The van der Waals surface area contributed by atoms with Gasteiger partial charge in [0, 0.05) is 32.6 Å². The van der Waals surface area contributed by atoms with Crippen molar-refractivity contribution in [3.05, 3.63) is 59.7 Å². The molecule has 8 heteroatoms. The van der Waals surface area contributed by atoms with Crippen molar-refractivity contribution < 1.29 is 24.2 Å². The van der Waals surface area contributed by atoms with Crippen LogP contribution in [0.2, 0.25) is 0 Å². The van der Waals surface area contributed by atoms with Crippen molar-refractivity contribution in [2.45, 2.75) is 37.1 Å². The van der Waals surface area contributed by atoms with E-state index in [4.69, 9.17) is 9.84 Å². The molecule has 1 saturated heterocycles. The Morgan fingerprint density at radius 2 is 1.63 bits per heavy atom. The minimum Gasteiger partial charge on any atom is -0.481 e. The van der Waals surface area contributed by atoms with Crippen LogP contribution in [0, 0.1) is 0 Å². The van der Waals surface area contributed by atoms with Crippen LogP contribution in [0.3, 0.4) is 0 Å². The van der Waals surface area contributed by atoms with E-state index in [0.717, 1.165) is 24.2 Å². The number of likely N-dealkylation sites (tertiary alicyclic amines) is 1. The second-order valence-corrected chi connectivity index (χ2v) is 9.67. The zero-order chi connectivity index (χ0) is 25.0. The lowest BCUT2D eigenvalue weighted by Crippen LogP contribution is -2.57. The van der Waals surface area contributed by atoms with Gasteiger partial charge in [0.05, 0.1) is 18.4 Å². The number of aliphatic carboxylic acids is 1. The van der Waals surface area contributed by atoms with E-state index in [1.54, 1.807) is 7.05 Å². The number of carboxylic acids is 1. The average molecular weight is 480 g/mol. The Balaban J connectivity index is 1.42. The molecule has 1 aliphatic carbocycles. The number of amides is 2. The molecule has 0 atom stereocenters. The molecule has 0 spiro atoms. The van der Waals surface area contributed by atoms with Crippen LogP contribution in [0.4, 0.5) is 4.79 Å². The van der Waals surface area contributed by atoms with E-state index < -0.39 is 17.6 Å². The largest absolute Gasteiger partial charge is 0.481 e. The molecule has 2 aliphatic rings. The Bertz CT molecular complexity index is 1050. The van der Waals surface area contributed by atoms with Crippen LogP contribution >= 0.6 is 0 Å². The average Bonchev–Trinajstić information content (AvgIpc) is 3.17. The second kappa shape index (κ2) is 10.5. The van der Waals surface area contributed by atoms with E-state index in [1.165, 1.54) is 16.0 Å². The Kier molecular flexibility index (Phi) is 7.40. The molecule has 1 aliphatic heterocycles. The van der Waals surface area contributed by atoms with Gasteiger partial charge >= 0.3 is 12.1 Å². The molecule has 0 unspecified atom stereocenters. The predicted octanol–water partition coefficient (Wildman–Crippen LogP) is 3.31. The van der Waals surface area contributed by atoms with Gasteiger partial charge in [-0.05, 0) is 42.1 Å². The number of carbonyl (C=O) groups excluding carboxylic acids is 2. The van der Waals surface area contributed by atoms with Gasteiger partial charge in [0.15, 0.2) is 0 Å². The highest BCUT2D eigenvalue weighted by Gasteiger charge is 2.39. The third kappa shape index (κ3) is 5.65. The maximum atomic E-state index is 13.0. The van der Waals surface area contributed by atoms with Crippen LogP contribution in [0.15, 0.2) is 48.5 Å². The van der Waals surface area contributed by atoms with Crippen LogP contribution in [0.25, 0.3) is 11.1 Å². The number of carboxylic acid groups (broad SMARTS) is 1. The Labute approximate surface area is 205 Å². The van der Waals surface area contributed by atoms with Crippen molar-refractivity contribution in [1.29, 1.82) is 0 Å². The first-order valence-corrected chi connectivity index (χ1v) is 12.1. The van der Waals surface area contributed by atoms with E-state index in [2.05, 4.69) is 34.5 Å². The zero-order valence-electron chi connectivity index (χ0n) is 20.3. The molecule has 186 valence electrons. The molecule has 0 aromatic heterocycles. The fraction of sp³-hybridized carbons (Fsp3) is 0.444. The number of hydrogen-bond donors (Lipinski definition) is 2. The summed E-state index contributed by atoms with van der Waals surface area (Å²) in [5.41, 5.74) is 3.90. The zero-order valence-corrected chi connectivity index (χ0v) is 20.3. The normalized spacial score (nSPS) is 16.7. The lowest BCUT2D eigenvalue weighted by Gasteiger charge is -2.41. The highest BCUT2D eigenvalue weighted by Crippen LogP contribution is 2.44.